The van der Waals surface area contributed by atoms with Crippen molar-refractivity contribution < 1.29 is 9.90 Å². The highest BCUT2D eigenvalue weighted by Crippen LogP contribution is 2.53. The molecule has 1 heterocycles. The van der Waals surface area contributed by atoms with Crippen LogP contribution < -0.4 is 0 Å². The van der Waals surface area contributed by atoms with Crippen molar-refractivity contribution in [1.29, 1.82) is 0 Å². The fraction of sp³-hybridized carbons (Fsp3) is 0.611. The summed E-state index contributed by atoms with van der Waals surface area (Å²) in [5.74, 6) is -0.161. The summed E-state index contributed by atoms with van der Waals surface area (Å²) in [7, 11) is 0. The van der Waals surface area contributed by atoms with Crippen LogP contribution in [0.25, 0.3) is 0 Å². The Bertz CT molecular complexity index is 515. The fourth-order valence-electron chi connectivity index (χ4n) is 4.67. The molecule has 0 aromatic heterocycles. The molecule has 0 bridgehead atoms. The van der Waals surface area contributed by atoms with Crippen LogP contribution in [0.3, 0.4) is 0 Å². The van der Waals surface area contributed by atoms with E-state index in [0.717, 1.165) is 6.54 Å². The molecule has 1 aliphatic heterocycles. The lowest BCUT2D eigenvalue weighted by Crippen LogP contribution is -2.64. The van der Waals surface area contributed by atoms with Crippen molar-refractivity contribution in [3.05, 3.63) is 35.4 Å². The van der Waals surface area contributed by atoms with E-state index in [9.17, 15) is 4.79 Å². The van der Waals surface area contributed by atoms with Crippen LogP contribution in [0.1, 0.15) is 55.5 Å². The van der Waals surface area contributed by atoms with E-state index in [1.165, 1.54) is 37.8 Å². The molecule has 1 unspecified atom stereocenters. The van der Waals surface area contributed by atoms with Crippen LogP contribution in [0.5, 0.6) is 0 Å². The Morgan fingerprint density at radius 2 is 1.90 bits per heavy atom. The molecule has 1 aliphatic carbocycles. The molecule has 1 aromatic carbocycles. The van der Waals surface area contributed by atoms with Gasteiger partial charge >= 0.3 is 5.97 Å². The molecule has 1 spiro atoms. The normalized spacial score (nSPS) is 24.4. The third-order valence-corrected chi connectivity index (χ3v) is 5.36. The maximum Gasteiger partial charge on any atom is 0.335 e. The van der Waals surface area contributed by atoms with Crippen LogP contribution >= 0.6 is 0 Å². The van der Waals surface area contributed by atoms with E-state index in [2.05, 4.69) is 18.7 Å². The van der Waals surface area contributed by atoms with Crippen molar-refractivity contribution in [3.8, 4) is 0 Å². The van der Waals surface area contributed by atoms with E-state index in [4.69, 9.17) is 5.11 Å². The molecule has 3 heteroatoms. The zero-order valence-corrected chi connectivity index (χ0v) is 13.0. The van der Waals surface area contributed by atoms with Crippen LogP contribution in [0.15, 0.2) is 24.3 Å². The molecule has 21 heavy (non-hydrogen) atoms. The summed E-state index contributed by atoms with van der Waals surface area (Å²) in [5, 5.41) is 8.96. The predicted molar refractivity (Wildman–Crippen MR) is 83.3 cm³/mol. The largest absolute Gasteiger partial charge is 0.478 e. The standard InChI is InChI=1S/C18H25NO2/c1-13(2)16-18(9-3-4-10-18)12-19(16)11-14-5-7-15(8-6-14)17(20)21/h5-8,13,16H,3-4,9-12H2,1-2H3,(H,20,21). The van der Waals surface area contributed by atoms with Crippen molar-refractivity contribution >= 4 is 5.97 Å². The van der Waals surface area contributed by atoms with Gasteiger partial charge in [-0.05, 0) is 41.9 Å². The lowest BCUT2D eigenvalue weighted by molar-refractivity contribution is -0.0998. The van der Waals surface area contributed by atoms with Gasteiger partial charge in [-0.25, -0.2) is 4.79 Å². The first kappa shape index (κ1) is 14.6. The first-order chi connectivity index (χ1) is 10.0. The van der Waals surface area contributed by atoms with Gasteiger partial charge in [-0.15, -0.1) is 0 Å². The fourth-order valence-corrected chi connectivity index (χ4v) is 4.67. The number of carbonyl (C=O) groups is 1. The van der Waals surface area contributed by atoms with Gasteiger partial charge in [-0.2, -0.15) is 0 Å². The molecule has 1 saturated carbocycles. The van der Waals surface area contributed by atoms with Gasteiger partial charge in [0.05, 0.1) is 5.56 Å². The van der Waals surface area contributed by atoms with E-state index in [0.29, 0.717) is 22.9 Å². The van der Waals surface area contributed by atoms with Crippen LogP contribution in [0.2, 0.25) is 0 Å². The SMILES string of the molecule is CC(C)C1N(Cc2ccc(C(=O)O)cc2)CC12CCCC2. The Morgan fingerprint density at radius 1 is 1.29 bits per heavy atom. The number of carboxylic acid groups (broad SMARTS) is 1. The van der Waals surface area contributed by atoms with Gasteiger partial charge in [0.25, 0.3) is 0 Å². The lowest BCUT2D eigenvalue weighted by atomic mass is 9.66. The smallest absolute Gasteiger partial charge is 0.335 e. The molecular weight excluding hydrogens is 262 g/mol. The summed E-state index contributed by atoms with van der Waals surface area (Å²) >= 11 is 0. The molecule has 0 radical (unpaired) electrons. The number of aromatic carboxylic acids is 1. The number of hydrogen-bond donors (Lipinski definition) is 1. The van der Waals surface area contributed by atoms with Crippen molar-refractivity contribution in [3.63, 3.8) is 0 Å². The molecular formula is C18H25NO2. The maximum atomic E-state index is 10.9. The van der Waals surface area contributed by atoms with Gasteiger partial charge in [0.1, 0.15) is 0 Å². The summed E-state index contributed by atoms with van der Waals surface area (Å²) in [6, 6.07) is 8.04. The van der Waals surface area contributed by atoms with Crippen LogP contribution in [0, 0.1) is 11.3 Å². The Morgan fingerprint density at radius 3 is 2.43 bits per heavy atom. The minimum atomic E-state index is -0.851. The second-order valence-electron chi connectivity index (χ2n) is 7.17. The third-order valence-electron chi connectivity index (χ3n) is 5.36. The summed E-state index contributed by atoms with van der Waals surface area (Å²) in [4.78, 5) is 13.5. The molecule has 2 aliphatic rings. The van der Waals surface area contributed by atoms with E-state index in [-0.39, 0.29) is 0 Å². The Balaban J connectivity index is 1.69. The third kappa shape index (κ3) is 2.59. The number of hydrogen-bond acceptors (Lipinski definition) is 2. The van der Waals surface area contributed by atoms with Gasteiger partial charge in [-0.1, -0.05) is 38.8 Å². The van der Waals surface area contributed by atoms with Gasteiger partial charge in [0, 0.05) is 19.1 Å². The summed E-state index contributed by atoms with van der Waals surface area (Å²) in [6.07, 6.45) is 5.57. The van der Waals surface area contributed by atoms with Gasteiger partial charge in [0.2, 0.25) is 0 Å². The van der Waals surface area contributed by atoms with Crippen molar-refractivity contribution in [2.24, 2.45) is 11.3 Å². The molecule has 2 fully saturated rings. The number of nitrogens with zero attached hydrogens (tertiary/aromatic N) is 1. The Kier molecular flexibility index (Phi) is 3.78. The average molecular weight is 287 g/mol. The minimum absolute atomic E-state index is 0.370. The van der Waals surface area contributed by atoms with Crippen molar-refractivity contribution in [2.75, 3.05) is 6.54 Å². The maximum absolute atomic E-state index is 10.9. The summed E-state index contributed by atoms with van der Waals surface area (Å²) in [5.41, 5.74) is 2.17. The van der Waals surface area contributed by atoms with Crippen molar-refractivity contribution in [2.45, 2.75) is 52.1 Å². The van der Waals surface area contributed by atoms with E-state index in [1.54, 1.807) is 12.1 Å². The molecule has 3 nitrogen and oxygen atoms in total. The molecule has 3 rings (SSSR count). The van der Waals surface area contributed by atoms with E-state index < -0.39 is 5.97 Å². The van der Waals surface area contributed by atoms with Crippen LogP contribution in [-0.4, -0.2) is 28.6 Å². The van der Waals surface area contributed by atoms with Crippen LogP contribution in [0.4, 0.5) is 0 Å². The summed E-state index contributed by atoms with van der Waals surface area (Å²) in [6.45, 7) is 6.84. The Hall–Kier alpha value is -1.35. The summed E-state index contributed by atoms with van der Waals surface area (Å²) < 4.78 is 0. The molecule has 1 saturated heterocycles. The topological polar surface area (TPSA) is 40.5 Å². The second kappa shape index (κ2) is 5.45. The van der Waals surface area contributed by atoms with Crippen LogP contribution in [-0.2, 0) is 6.54 Å². The predicted octanol–water partition coefficient (Wildman–Crippen LogP) is 3.79. The zero-order chi connectivity index (χ0) is 15.0. The number of rotatable bonds is 4. The number of likely N-dealkylation sites (tertiary alicyclic amines) is 1. The number of carboxylic acids is 1. The highest BCUT2D eigenvalue weighted by molar-refractivity contribution is 5.87. The molecule has 1 aromatic rings. The minimum Gasteiger partial charge on any atom is -0.478 e. The molecule has 1 N–H and O–H groups in total. The number of benzene rings is 1. The molecule has 114 valence electrons. The van der Waals surface area contributed by atoms with Crippen molar-refractivity contribution in [1.82, 2.24) is 4.90 Å². The van der Waals surface area contributed by atoms with Gasteiger partial charge in [0.15, 0.2) is 0 Å². The quantitative estimate of drug-likeness (QED) is 0.916. The Labute approximate surface area is 127 Å². The average Bonchev–Trinajstić information content (AvgIpc) is 2.88. The van der Waals surface area contributed by atoms with E-state index in [1.807, 2.05) is 12.1 Å². The highest BCUT2D eigenvalue weighted by Gasteiger charge is 2.53. The molecule has 1 atom stereocenters. The van der Waals surface area contributed by atoms with Gasteiger partial charge < -0.3 is 5.11 Å². The lowest BCUT2D eigenvalue weighted by Gasteiger charge is -2.58. The monoisotopic (exact) mass is 287 g/mol. The van der Waals surface area contributed by atoms with Gasteiger partial charge in [-0.3, -0.25) is 4.90 Å². The highest BCUT2D eigenvalue weighted by atomic mass is 16.4. The molecule has 0 amide bonds. The zero-order valence-electron chi connectivity index (χ0n) is 13.0. The first-order valence-electron chi connectivity index (χ1n) is 8.08. The first-order valence-corrected chi connectivity index (χ1v) is 8.08. The van der Waals surface area contributed by atoms with E-state index >= 15 is 0 Å². The second-order valence-corrected chi connectivity index (χ2v) is 7.17.